The summed E-state index contributed by atoms with van der Waals surface area (Å²) in [4.78, 5) is 37.9. The standard InChI is InChI=1S/C16H15N3O5/c17-15(21)13-7-19(16(22)24-13)10-1-2-12-9(5-10)8-23-14-6-11(20)3-4-18(12)14/h1-2,5-6,13H,3-4,7-8H2,(H2,17,21)/t13-/m1/s1. The van der Waals surface area contributed by atoms with Gasteiger partial charge in [-0.2, -0.15) is 0 Å². The third kappa shape index (κ3) is 2.27. The molecule has 3 aliphatic heterocycles. The molecule has 0 bridgehead atoms. The van der Waals surface area contributed by atoms with Crippen molar-refractivity contribution in [1.29, 1.82) is 0 Å². The third-order valence-electron chi connectivity index (χ3n) is 4.30. The molecule has 1 atom stereocenters. The Morgan fingerprint density at radius 3 is 2.83 bits per heavy atom. The van der Waals surface area contributed by atoms with Crippen molar-refractivity contribution in [2.75, 3.05) is 22.9 Å². The average Bonchev–Trinajstić information content (AvgIpc) is 2.96. The fourth-order valence-electron chi connectivity index (χ4n) is 3.07. The van der Waals surface area contributed by atoms with Crippen LogP contribution in [0.1, 0.15) is 12.0 Å². The number of hydrogen-bond donors (Lipinski definition) is 1. The van der Waals surface area contributed by atoms with Crippen LogP contribution >= 0.6 is 0 Å². The highest BCUT2D eigenvalue weighted by molar-refractivity contribution is 5.96. The number of anilines is 2. The van der Waals surface area contributed by atoms with Crippen molar-refractivity contribution in [3.63, 3.8) is 0 Å². The molecule has 1 saturated heterocycles. The Balaban J connectivity index is 1.64. The molecule has 0 saturated carbocycles. The Labute approximate surface area is 137 Å². The number of nitrogens with two attached hydrogens (primary N) is 1. The SMILES string of the molecule is NC(=O)[C@H]1CN(c2ccc3c(c2)COC2=CC(=O)CCN23)C(=O)O1. The van der Waals surface area contributed by atoms with Crippen molar-refractivity contribution in [1.82, 2.24) is 0 Å². The number of primary amides is 1. The molecule has 0 radical (unpaired) electrons. The Kier molecular flexibility index (Phi) is 3.19. The first-order chi connectivity index (χ1) is 11.5. The van der Waals surface area contributed by atoms with E-state index in [1.165, 1.54) is 11.0 Å². The number of ketones is 1. The van der Waals surface area contributed by atoms with E-state index in [1.807, 2.05) is 17.0 Å². The van der Waals surface area contributed by atoms with Crippen molar-refractivity contribution in [2.45, 2.75) is 19.1 Å². The van der Waals surface area contributed by atoms with Crippen LogP contribution in [-0.4, -0.2) is 37.0 Å². The van der Waals surface area contributed by atoms with Crippen molar-refractivity contribution in [2.24, 2.45) is 5.73 Å². The minimum atomic E-state index is -0.938. The summed E-state index contributed by atoms with van der Waals surface area (Å²) in [6.45, 7) is 0.963. The van der Waals surface area contributed by atoms with Gasteiger partial charge in [0.25, 0.3) is 5.91 Å². The van der Waals surface area contributed by atoms with Gasteiger partial charge in [-0.05, 0) is 18.2 Å². The number of benzene rings is 1. The van der Waals surface area contributed by atoms with Gasteiger partial charge in [-0.3, -0.25) is 14.5 Å². The topological polar surface area (TPSA) is 102 Å². The van der Waals surface area contributed by atoms with Crippen LogP contribution in [0.3, 0.4) is 0 Å². The highest BCUT2D eigenvalue weighted by Gasteiger charge is 2.36. The van der Waals surface area contributed by atoms with Gasteiger partial charge in [0.05, 0.1) is 12.2 Å². The maximum absolute atomic E-state index is 11.9. The van der Waals surface area contributed by atoms with Gasteiger partial charge in [-0.1, -0.05) is 0 Å². The Morgan fingerprint density at radius 1 is 1.25 bits per heavy atom. The molecule has 8 nitrogen and oxygen atoms in total. The summed E-state index contributed by atoms with van der Waals surface area (Å²) >= 11 is 0. The Morgan fingerprint density at radius 2 is 2.08 bits per heavy atom. The normalized spacial score (nSPS) is 22.3. The molecular formula is C16H15N3O5. The van der Waals surface area contributed by atoms with Gasteiger partial charge in [-0.25, -0.2) is 4.79 Å². The molecule has 1 fully saturated rings. The van der Waals surface area contributed by atoms with Crippen molar-refractivity contribution in [3.8, 4) is 0 Å². The molecule has 1 aromatic rings. The van der Waals surface area contributed by atoms with Crippen LogP contribution in [0.4, 0.5) is 16.2 Å². The summed E-state index contributed by atoms with van der Waals surface area (Å²) in [5, 5.41) is 0. The Hall–Kier alpha value is -3.03. The van der Waals surface area contributed by atoms with E-state index >= 15 is 0 Å². The number of carbonyl (C=O) groups is 3. The zero-order chi connectivity index (χ0) is 16.8. The average molecular weight is 329 g/mol. The van der Waals surface area contributed by atoms with E-state index in [2.05, 4.69) is 0 Å². The van der Waals surface area contributed by atoms with E-state index in [9.17, 15) is 14.4 Å². The summed E-state index contributed by atoms with van der Waals surface area (Å²) in [5.41, 5.74) is 7.65. The number of allylic oxidation sites excluding steroid dienone is 1. The number of hydrogen-bond acceptors (Lipinski definition) is 6. The van der Waals surface area contributed by atoms with Gasteiger partial charge < -0.3 is 20.1 Å². The van der Waals surface area contributed by atoms with Crippen molar-refractivity contribution in [3.05, 3.63) is 35.7 Å². The smallest absolute Gasteiger partial charge is 0.415 e. The maximum Gasteiger partial charge on any atom is 0.415 e. The zero-order valence-electron chi connectivity index (χ0n) is 12.7. The molecule has 1 aromatic carbocycles. The molecular weight excluding hydrogens is 314 g/mol. The fourth-order valence-corrected chi connectivity index (χ4v) is 3.07. The lowest BCUT2D eigenvalue weighted by Gasteiger charge is -2.35. The second-order valence-corrected chi connectivity index (χ2v) is 5.84. The minimum Gasteiger partial charge on any atom is -0.474 e. The summed E-state index contributed by atoms with van der Waals surface area (Å²) in [6, 6.07) is 5.48. The molecule has 2 amide bonds. The molecule has 24 heavy (non-hydrogen) atoms. The molecule has 3 heterocycles. The molecule has 2 N–H and O–H groups in total. The summed E-state index contributed by atoms with van der Waals surface area (Å²) in [7, 11) is 0. The number of fused-ring (bicyclic) bond motifs is 3. The second-order valence-electron chi connectivity index (χ2n) is 5.84. The largest absolute Gasteiger partial charge is 0.474 e. The highest BCUT2D eigenvalue weighted by atomic mass is 16.6. The summed E-state index contributed by atoms with van der Waals surface area (Å²) in [5.74, 6) is -0.0561. The predicted molar refractivity (Wildman–Crippen MR) is 83.1 cm³/mol. The van der Waals surface area contributed by atoms with Crippen molar-refractivity contribution >= 4 is 29.2 Å². The molecule has 8 heteroatoms. The van der Waals surface area contributed by atoms with Crippen LogP contribution in [0.5, 0.6) is 0 Å². The van der Waals surface area contributed by atoms with E-state index in [0.717, 1.165) is 11.3 Å². The first-order valence-electron chi connectivity index (χ1n) is 7.58. The number of nitrogens with zero attached hydrogens (tertiary/aromatic N) is 2. The quantitative estimate of drug-likeness (QED) is 0.854. The molecule has 124 valence electrons. The van der Waals surface area contributed by atoms with Gasteiger partial charge in [0.2, 0.25) is 0 Å². The zero-order valence-corrected chi connectivity index (χ0v) is 12.7. The number of amides is 2. The summed E-state index contributed by atoms with van der Waals surface area (Å²) in [6.07, 6.45) is 0.412. The van der Waals surface area contributed by atoms with E-state index < -0.39 is 18.1 Å². The van der Waals surface area contributed by atoms with Crippen molar-refractivity contribution < 1.29 is 23.9 Å². The lowest BCUT2D eigenvalue weighted by atomic mass is 10.1. The molecule has 3 aliphatic rings. The van der Waals surface area contributed by atoms with Gasteiger partial charge in [0, 0.05) is 30.3 Å². The molecule has 0 aromatic heterocycles. The van der Waals surface area contributed by atoms with Crippen LogP contribution < -0.4 is 15.5 Å². The van der Waals surface area contributed by atoms with Gasteiger partial charge in [0.1, 0.15) is 6.61 Å². The van der Waals surface area contributed by atoms with Crippen LogP contribution in [0.15, 0.2) is 30.2 Å². The molecule has 0 spiro atoms. The predicted octanol–water partition coefficient (Wildman–Crippen LogP) is 0.648. The van der Waals surface area contributed by atoms with E-state index in [1.54, 1.807) is 6.07 Å². The second kappa shape index (κ2) is 5.26. The number of carbonyl (C=O) groups excluding carboxylic acids is 3. The molecule has 0 unspecified atom stereocenters. The van der Waals surface area contributed by atoms with Crippen LogP contribution in [-0.2, 0) is 25.7 Å². The first-order valence-corrected chi connectivity index (χ1v) is 7.58. The summed E-state index contributed by atoms with van der Waals surface area (Å²) < 4.78 is 10.6. The molecule has 4 rings (SSSR count). The van der Waals surface area contributed by atoms with Crippen LogP contribution in [0, 0.1) is 0 Å². The Bertz CT molecular complexity index is 788. The minimum absolute atomic E-state index is 0.0543. The van der Waals surface area contributed by atoms with Crippen LogP contribution in [0.2, 0.25) is 0 Å². The van der Waals surface area contributed by atoms with Gasteiger partial charge in [0.15, 0.2) is 17.8 Å². The van der Waals surface area contributed by atoms with E-state index in [4.69, 9.17) is 15.2 Å². The lowest BCUT2D eigenvalue weighted by molar-refractivity contribution is -0.124. The molecule has 0 aliphatic carbocycles. The van der Waals surface area contributed by atoms with Gasteiger partial charge in [-0.15, -0.1) is 0 Å². The maximum atomic E-state index is 11.9. The van der Waals surface area contributed by atoms with Crippen LogP contribution in [0.25, 0.3) is 0 Å². The fraction of sp³-hybridized carbons (Fsp3) is 0.312. The number of cyclic esters (lactones) is 1. The first kappa shape index (κ1) is 14.6. The van der Waals surface area contributed by atoms with Gasteiger partial charge >= 0.3 is 6.09 Å². The number of ether oxygens (including phenoxy) is 2. The van der Waals surface area contributed by atoms with E-state index in [0.29, 0.717) is 31.1 Å². The van der Waals surface area contributed by atoms with E-state index in [-0.39, 0.29) is 12.3 Å². The monoisotopic (exact) mass is 329 g/mol. The number of rotatable bonds is 2. The highest BCUT2D eigenvalue weighted by Crippen LogP contribution is 2.36. The lowest BCUT2D eigenvalue weighted by Crippen LogP contribution is -2.35. The third-order valence-corrected chi connectivity index (χ3v) is 4.30.